The van der Waals surface area contributed by atoms with Crippen molar-refractivity contribution < 1.29 is 4.79 Å². The highest BCUT2D eigenvalue weighted by Crippen LogP contribution is 2.15. The average Bonchev–Trinajstić information content (AvgIpc) is 2.86. The Morgan fingerprint density at radius 1 is 1.41 bits per heavy atom. The first-order valence-corrected chi connectivity index (χ1v) is 6.37. The highest BCUT2D eigenvalue weighted by molar-refractivity contribution is 5.82. The Morgan fingerprint density at radius 3 is 3.18 bits per heavy atom. The van der Waals surface area contributed by atoms with Crippen molar-refractivity contribution >= 4 is 5.91 Å². The number of amides is 1. The van der Waals surface area contributed by atoms with Crippen molar-refractivity contribution in [2.75, 3.05) is 13.1 Å². The minimum atomic E-state index is 0.0327. The third kappa shape index (κ3) is 2.07. The van der Waals surface area contributed by atoms with E-state index in [1.54, 1.807) is 0 Å². The van der Waals surface area contributed by atoms with E-state index in [0.29, 0.717) is 6.54 Å². The Labute approximate surface area is 101 Å². The summed E-state index contributed by atoms with van der Waals surface area (Å²) in [4.78, 5) is 18.5. The molecular weight excluding hydrogens is 216 g/mol. The van der Waals surface area contributed by atoms with Crippen LogP contribution in [0.3, 0.4) is 0 Å². The molecule has 2 aliphatic heterocycles. The molecule has 1 saturated heterocycles. The van der Waals surface area contributed by atoms with E-state index in [4.69, 9.17) is 0 Å². The number of carbonyl (C=O) groups excluding carboxylic acids is 1. The fourth-order valence-electron chi connectivity index (χ4n) is 2.64. The van der Waals surface area contributed by atoms with Crippen molar-refractivity contribution in [2.45, 2.75) is 38.4 Å². The van der Waals surface area contributed by atoms with Crippen LogP contribution >= 0.6 is 0 Å². The summed E-state index contributed by atoms with van der Waals surface area (Å²) in [6.45, 7) is 3.30. The van der Waals surface area contributed by atoms with Gasteiger partial charge in [-0.25, -0.2) is 4.98 Å². The number of hydrogen-bond acceptors (Lipinski definition) is 3. The van der Waals surface area contributed by atoms with Crippen LogP contribution in [0.15, 0.2) is 12.4 Å². The van der Waals surface area contributed by atoms with Crippen LogP contribution in [0.25, 0.3) is 0 Å². The van der Waals surface area contributed by atoms with Crippen LogP contribution < -0.4 is 5.32 Å². The van der Waals surface area contributed by atoms with E-state index in [1.807, 2.05) is 17.3 Å². The van der Waals surface area contributed by atoms with Crippen molar-refractivity contribution in [2.24, 2.45) is 0 Å². The minimum Gasteiger partial charge on any atom is -0.332 e. The molecular formula is C12H18N4O. The summed E-state index contributed by atoms with van der Waals surface area (Å²) in [6.07, 6.45) is 7.11. The second-order valence-corrected chi connectivity index (χ2v) is 4.80. The smallest absolute Gasteiger partial charge is 0.240 e. The van der Waals surface area contributed by atoms with Gasteiger partial charge in [-0.05, 0) is 19.4 Å². The number of nitrogens with one attached hydrogen (secondary N) is 1. The molecule has 1 amide bonds. The average molecular weight is 234 g/mol. The molecule has 5 nitrogen and oxygen atoms in total. The van der Waals surface area contributed by atoms with Gasteiger partial charge in [0.2, 0.25) is 5.91 Å². The van der Waals surface area contributed by atoms with E-state index >= 15 is 0 Å². The van der Waals surface area contributed by atoms with Crippen molar-refractivity contribution in [3.8, 4) is 0 Å². The number of hydrogen-bond donors (Lipinski definition) is 1. The molecule has 1 atom stereocenters. The molecule has 0 aliphatic carbocycles. The van der Waals surface area contributed by atoms with E-state index in [9.17, 15) is 4.79 Å². The van der Waals surface area contributed by atoms with E-state index in [-0.39, 0.29) is 11.9 Å². The first-order chi connectivity index (χ1) is 8.34. The lowest BCUT2D eigenvalue weighted by molar-refractivity contribution is -0.135. The molecule has 0 spiro atoms. The number of piperidine rings is 1. The predicted molar refractivity (Wildman–Crippen MR) is 63.3 cm³/mol. The first kappa shape index (κ1) is 10.8. The fraction of sp³-hybridized carbons (Fsp3) is 0.667. The van der Waals surface area contributed by atoms with Crippen molar-refractivity contribution in [3.05, 3.63) is 18.2 Å². The summed E-state index contributed by atoms with van der Waals surface area (Å²) in [6, 6.07) is 0.0327. The lowest BCUT2D eigenvalue weighted by atomic mass is 10.0. The van der Waals surface area contributed by atoms with Gasteiger partial charge < -0.3 is 14.8 Å². The zero-order valence-electron chi connectivity index (χ0n) is 9.93. The van der Waals surface area contributed by atoms with Gasteiger partial charge in [0.25, 0.3) is 0 Å². The standard InChI is InChI=1S/C12H18N4O/c17-12(10-3-1-2-4-13-10)16-8-7-15-6-5-14-11(15)9-16/h5-6,10,13H,1-4,7-9H2/t10-/m0/s1. The maximum absolute atomic E-state index is 12.3. The SMILES string of the molecule is O=C([C@@H]1CCCCN1)N1CCn2ccnc2C1. The second kappa shape index (κ2) is 4.49. The molecule has 1 fully saturated rings. The van der Waals surface area contributed by atoms with Crippen LogP contribution in [0.4, 0.5) is 0 Å². The zero-order chi connectivity index (χ0) is 11.7. The maximum atomic E-state index is 12.3. The van der Waals surface area contributed by atoms with Gasteiger partial charge in [0.05, 0.1) is 12.6 Å². The molecule has 0 saturated carbocycles. The molecule has 1 N–H and O–H groups in total. The van der Waals surface area contributed by atoms with Gasteiger partial charge in [-0.1, -0.05) is 6.42 Å². The Hall–Kier alpha value is -1.36. The number of aromatic nitrogens is 2. The summed E-state index contributed by atoms with van der Waals surface area (Å²) in [5.74, 6) is 1.25. The molecule has 0 unspecified atom stereocenters. The van der Waals surface area contributed by atoms with E-state index in [0.717, 1.165) is 38.3 Å². The van der Waals surface area contributed by atoms with E-state index < -0.39 is 0 Å². The van der Waals surface area contributed by atoms with Gasteiger partial charge >= 0.3 is 0 Å². The normalized spacial score (nSPS) is 24.5. The Kier molecular flexibility index (Phi) is 2.84. The summed E-state index contributed by atoms with van der Waals surface area (Å²) in [7, 11) is 0. The monoisotopic (exact) mass is 234 g/mol. The highest BCUT2D eigenvalue weighted by Gasteiger charge is 2.28. The van der Waals surface area contributed by atoms with Gasteiger partial charge in [0.15, 0.2) is 0 Å². The molecule has 1 aromatic rings. The second-order valence-electron chi connectivity index (χ2n) is 4.80. The highest BCUT2D eigenvalue weighted by atomic mass is 16.2. The van der Waals surface area contributed by atoms with Crippen molar-refractivity contribution in [3.63, 3.8) is 0 Å². The largest absolute Gasteiger partial charge is 0.332 e. The Bertz CT molecular complexity index is 408. The van der Waals surface area contributed by atoms with Crippen molar-refractivity contribution in [1.29, 1.82) is 0 Å². The number of carbonyl (C=O) groups is 1. The lowest BCUT2D eigenvalue weighted by Gasteiger charge is -2.32. The summed E-state index contributed by atoms with van der Waals surface area (Å²) in [5.41, 5.74) is 0. The molecule has 5 heteroatoms. The van der Waals surface area contributed by atoms with Crippen LogP contribution in [0, 0.1) is 0 Å². The van der Waals surface area contributed by atoms with E-state index in [2.05, 4.69) is 14.9 Å². The van der Waals surface area contributed by atoms with Crippen LogP contribution in [0.2, 0.25) is 0 Å². The molecule has 0 bridgehead atoms. The van der Waals surface area contributed by atoms with E-state index in [1.165, 1.54) is 6.42 Å². The molecule has 1 aromatic heterocycles. The third-order valence-corrected chi connectivity index (χ3v) is 3.66. The topological polar surface area (TPSA) is 50.2 Å². The number of fused-ring (bicyclic) bond motifs is 1. The molecule has 2 aliphatic rings. The molecule has 0 radical (unpaired) electrons. The number of imidazole rings is 1. The Morgan fingerprint density at radius 2 is 2.35 bits per heavy atom. The quantitative estimate of drug-likeness (QED) is 0.763. The fourth-order valence-corrected chi connectivity index (χ4v) is 2.64. The number of nitrogens with zero attached hydrogens (tertiary/aromatic N) is 3. The lowest BCUT2D eigenvalue weighted by Crippen LogP contribution is -2.50. The third-order valence-electron chi connectivity index (χ3n) is 3.66. The minimum absolute atomic E-state index is 0.0327. The van der Waals surface area contributed by atoms with Gasteiger partial charge in [0, 0.05) is 25.5 Å². The van der Waals surface area contributed by atoms with Crippen LogP contribution in [-0.2, 0) is 17.9 Å². The molecule has 17 heavy (non-hydrogen) atoms. The van der Waals surface area contributed by atoms with Gasteiger partial charge in [-0.15, -0.1) is 0 Å². The maximum Gasteiger partial charge on any atom is 0.240 e. The van der Waals surface area contributed by atoms with Gasteiger partial charge in [-0.3, -0.25) is 4.79 Å². The van der Waals surface area contributed by atoms with Gasteiger partial charge in [0.1, 0.15) is 5.82 Å². The molecule has 0 aromatic carbocycles. The summed E-state index contributed by atoms with van der Waals surface area (Å²) in [5, 5.41) is 3.32. The number of rotatable bonds is 1. The summed E-state index contributed by atoms with van der Waals surface area (Å²) < 4.78 is 2.12. The Balaban J connectivity index is 1.67. The molecule has 92 valence electrons. The predicted octanol–water partition coefficient (Wildman–Crippen LogP) is 0.367. The first-order valence-electron chi connectivity index (χ1n) is 6.37. The van der Waals surface area contributed by atoms with Crippen LogP contribution in [-0.4, -0.2) is 39.5 Å². The zero-order valence-corrected chi connectivity index (χ0v) is 9.93. The van der Waals surface area contributed by atoms with Crippen LogP contribution in [0.1, 0.15) is 25.1 Å². The molecule has 3 heterocycles. The van der Waals surface area contributed by atoms with Crippen LogP contribution in [0.5, 0.6) is 0 Å². The van der Waals surface area contributed by atoms with Crippen molar-refractivity contribution in [1.82, 2.24) is 19.8 Å². The van der Waals surface area contributed by atoms with Gasteiger partial charge in [-0.2, -0.15) is 0 Å². The molecule has 3 rings (SSSR count). The summed E-state index contributed by atoms with van der Waals surface area (Å²) >= 11 is 0.